The van der Waals surface area contributed by atoms with Crippen molar-refractivity contribution in [2.75, 3.05) is 5.43 Å². The lowest BCUT2D eigenvalue weighted by atomic mass is 10.1. The molecule has 2 rings (SSSR count). The molecule has 0 spiro atoms. The molecule has 1 aromatic carbocycles. The molecule has 0 unspecified atom stereocenters. The molecule has 78 valence electrons. The van der Waals surface area contributed by atoms with Crippen LogP contribution in [0.15, 0.2) is 18.2 Å². The maximum Gasteiger partial charge on any atom is 0.220 e. The average molecular weight is 220 g/mol. The number of hydrogen-bond acceptors (Lipinski definition) is 5. The van der Waals surface area contributed by atoms with E-state index in [0.717, 1.165) is 10.6 Å². The Bertz CT molecular complexity index is 478. The molecular formula is C10H12N4S. The minimum absolute atomic E-state index is 0.628. The highest BCUT2D eigenvalue weighted by Crippen LogP contribution is 2.27. The maximum atomic E-state index is 5.25. The van der Waals surface area contributed by atoms with Crippen LogP contribution in [-0.4, -0.2) is 10.2 Å². The lowest BCUT2D eigenvalue weighted by Gasteiger charge is -2.01. The van der Waals surface area contributed by atoms with Gasteiger partial charge in [-0.25, -0.2) is 5.84 Å². The first-order valence-electron chi connectivity index (χ1n) is 4.58. The highest BCUT2D eigenvalue weighted by atomic mass is 32.1. The third kappa shape index (κ3) is 1.98. The van der Waals surface area contributed by atoms with Crippen LogP contribution >= 0.6 is 11.3 Å². The van der Waals surface area contributed by atoms with Crippen molar-refractivity contribution in [1.82, 2.24) is 10.2 Å². The van der Waals surface area contributed by atoms with Gasteiger partial charge in [0.1, 0.15) is 5.01 Å². The van der Waals surface area contributed by atoms with Gasteiger partial charge in [0.25, 0.3) is 0 Å². The normalized spacial score (nSPS) is 10.3. The number of nitrogen functional groups attached to an aromatic ring is 1. The Morgan fingerprint density at radius 2 is 2.00 bits per heavy atom. The van der Waals surface area contributed by atoms with Crippen molar-refractivity contribution in [1.29, 1.82) is 0 Å². The summed E-state index contributed by atoms with van der Waals surface area (Å²) in [7, 11) is 0. The monoisotopic (exact) mass is 220 g/mol. The molecule has 0 saturated heterocycles. The van der Waals surface area contributed by atoms with Crippen molar-refractivity contribution in [3.8, 4) is 10.6 Å². The first kappa shape index (κ1) is 10.1. The maximum absolute atomic E-state index is 5.25. The molecule has 2 aromatic rings. The van der Waals surface area contributed by atoms with Crippen LogP contribution in [0.5, 0.6) is 0 Å². The Morgan fingerprint density at radius 3 is 2.60 bits per heavy atom. The molecule has 0 bridgehead atoms. The van der Waals surface area contributed by atoms with E-state index in [9.17, 15) is 0 Å². The number of rotatable bonds is 2. The Kier molecular flexibility index (Phi) is 2.66. The van der Waals surface area contributed by atoms with Gasteiger partial charge in [0.2, 0.25) is 5.13 Å². The second-order valence-electron chi connectivity index (χ2n) is 3.36. The number of nitrogens with one attached hydrogen (secondary N) is 1. The quantitative estimate of drug-likeness (QED) is 0.601. The summed E-state index contributed by atoms with van der Waals surface area (Å²) >= 11 is 1.44. The van der Waals surface area contributed by atoms with E-state index in [0.29, 0.717) is 5.13 Å². The van der Waals surface area contributed by atoms with Gasteiger partial charge in [-0.05, 0) is 31.0 Å². The van der Waals surface area contributed by atoms with E-state index < -0.39 is 0 Å². The third-order valence-electron chi connectivity index (χ3n) is 2.30. The molecule has 1 heterocycles. The molecule has 0 amide bonds. The van der Waals surface area contributed by atoms with Gasteiger partial charge in [-0.1, -0.05) is 23.5 Å². The van der Waals surface area contributed by atoms with Crippen molar-refractivity contribution in [3.05, 3.63) is 29.3 Å². The van der Waals surface area contributed by atoms with Crippen molar-refractivity contribution < 1.29 is 0 Å². The Hall–Kier alpha value is -1.46. The summed E-state index contributed by atoms with van der Waals surface area (Å²) in [5.41, 5.74) is 6.10. The fourth-order valence-corrected chi connectivity index (χ4v) is 1.92. The summed E-state index contributed by atoms with van der Waals surface area (Å²) in [6.45, 7) is 4.17. The Labute approximate surface area is 92.1 Å². The van der Waals surface area contributed by atoms with E-state index >= 15 is 0 Å². The van der Waals surface area contributed by atoms with Crippen LogP contribution < -0.4 is 11.3 Å². The molecule has 0 saturated carbocycles. The van der Waals surface area contributed by atoms with Crippen molar-refractivity contribution >= 4 is 16.5 Å². The molecule has 0 fully saturated rings. The molecule has 0 aliphatic rings. The number of hydrazine groups is 1. The fourth-order valence-electron chi connectivity index (χ4n) is 1.27. The summed E-state index contributed by atoms with van der Waals surface area (Å²) in [5.74, 6) is 5.25. The molecule has 0 atom stereocenters. The first-order chi connectivity index (χ1) is 7.20. The van der Waals surface area contributed by atoms with E-state index in [1.165, 1.54) is 22.5 Å². The lowest BCUT2D eigenvalue weighted by molar-refractivity contribution is 1.08. The Morgan fingerprint density at radius 1 is 1.20 bits per heavy atom. The predicted molar refractivity (Wildman–Crippen MR) is 62.6 cm³/mol. The summed E-state index contributed by atoms with van der Waals surface area (Å²) in [6, 6.07) is 6.24. The SMILES string of the molecule is Cc1ccc(-c2nnc(NN)s2)cc1C. The van der Waals surface area contributed by atoms with Crippen LogP contribution in [0.25, 0.3) is 10.6 Å². The molecule has 0 radical (unpaired) electrons. The average Bonchev–Trinajstić information content (AvgIpc) is 2.70. The van der Waals surface area contributed by atoms with Gasteiger partial charge in [-0.3, -0.25) is 5.43 Å². The number of anilines is 1. The van der Waals surface area contributed by atoms with E-state index in [-0.39, 0.29) is 0 Å². The number of benzene rings is 1. The predicted octanol–water partition coefficient (Wildman–Crippen LogP) is 2.11. The van der Waals surface area contributed by atoms with Crippen molar-refractivity contribution in [3.63, 3.8) is 0 Å². The topological polar surface area (TPSA) is 63.8 Å². The second kappa shape index (κ2) is 3.96. The second-order valence-corrected chi connectivity index (χ2v) is 4.33. The minimum atomic E-state index is 0.628. The molecule has 1 aromatic heterocycles. The van der Waals surface area contributed by atoms with Gasteiger partial charge in [-0.2, -0.15) is 0 Å². The number of nitrogens with two attached hydrogens (primary N) is 1. The van der Waals surface area contributed by atoms with Crippen LogP contribution in [-0.2, 0) is 0 Å². The van der Waals surface area contributed by atoms with Crippen LogP contribution in [0, 0.1) is 13.8 Å². The zero-order valence-corrected chi connectivity index (χ0v) is 9.43. The Balaban J connectivity index is 2.40. The fraction of sp³-hybridized carbons (Fsp3) is 0.200. The molecule has 3 N–H and O–H groups in total. The molecular weight excluding hydrogens is 208 g/mol. The molecule has 4 nitrogen and oxygen atoms in total. The highest BCUT2D eigenvalue weighted by Gasteiger charge is 2.06. The van der Waals surface area contributed by atoms with Gasteiger partial charge >= 0.3 is 0 Å². The van der Waals surface area contributed by atoms with E-state index in [4.69, 9.17) is 5.84 Å². The standard InChI is InChI=1S/C10H12N4S/c1-6-3-4-8(5-7(6)2)9-13-14-10(12-11)15-9/h3-5H,11H2,1-2H3,(H,12,14). The van der Waals surface area contributed by atoms with E-state index in [1.807, 2.05) is 6.07 Å². The zero-order chi connectivity index (χ0) is 10.8. The van der Waals surface area contributed by atoms with Gasteiger partial charge in [-0.15, -0.1) is 10.2 Å². The number of hydrogen-bond donors (Lipinski definition) is 2. The molecule has 5 heteroatoms. The van der Waals surface area contributed by atoms with E-state index in [1.54, 1.807) is 0 Å². The summed E-state index contributed by atoms with van der Waals surface area (Å²) in [5, 5.41) is 9.46. The van der Waals surface area contributed by atoms with Gasteiger partial charge in [0.15, 0.2) is 0 Å². The minimum Gasteiger partial charge on any atom is -0.298 e. The molecule has 0 aliphatic carbocycles. The highest BCUT2D eigenvalue weighted by molar-refractivity contribution is 7.18. The van der Waals surface area contributed by atoms with Gasteiger partial charge in [0, 0.05) is 5.56 Å². The summed E-state index contributed by atoms with van der Waals surface area (Å²) < 4.78 is 0. The smallest absolute Gasteiger partial charge is 0.220 e. The molecule has 0 aliphatic heterocycles. The van der Waals surface area contributed by atoms with Crippen LogP contribution in [0.4, 0.5) is 5.13 Å². The van der Waals surface area contributed by atoms with Gasteiger partial charge in [0.05, 0.1) is 0 Å². The number of aryl methyl sites for hydroxylation is 2. The number of aromatic nitrogens is 2. The zero-order valence-electron chi connectivity index (χ0n) is 8.61. The third-order valence-corrected chi connectivity index (χ3v) is 3.21. The molecule has 15 heavy (non-hydrogen) atoms. The van der Waals surface area contributed by atoms with Crippen molar-refractivity contribution in [2.45, 2.75) is 13.8 Å². The van der Waals surface area contributed by atoms with Gasteiger partial charge < -0.3 is 0 Å². The van der Waals surface area contributed by atoms with Crippen LogP contribution in [0.2, 0.25) is 0 Å². The largest absolute Gasteiger partial charge is 0.298 e. The van der Waals surface area contributed by atoms with Crippen molar-refractivity contribution in [2.24, 2.45) is 5.84 Å². The van der Waals surface area contributed by atoms with E-state index in [2.05, 4.69) is 41.6 Å². The lowest BCUT2D eigenvalue weighted by Crippen LogP contribution is -2.05. The number of nitrogens with zero attached hydrogens (tertiary/aromatic N) is 2. The summed E-state index contributed by atoms with van der Waals surface area (Å²) in [6.07, 6.45) is 0. The van der Waals surface area contributed by atoms with Crippen LogP contribution in [0.3, 0.4) is 0 Å². The summed E-state index contributed by atoms with van der Waals surface area (Å²) in [4.78, 5) is 0. The van der Waals surface area contributed by atoms with Crippen LogP contribution in [0.1, 0.15) is 11.1 Å². The first-order valence-corrected chi connectivity index (χ1v) is 5.40.